The van der Waals surface area contributed by atoms with Crippen molar-refractivity contribution >= 4 is 23.0 Å². The van der Waals surface area contributed by atoms with Crippen LogP contribution in [0.15, 0.2) is 29.0 Å². The molecule has 3 heterocycles. The van der Waals surface area contributed by atoms with Crippen LogP contribution in [0.2, 0.25) is 0 Å². The van der Waals surface area contributed by atoms with E-state index in [1.165, 1.54) is 6.33 Å². The number of likely N-dealkylation sites (tertiary alicyclic amines) is 1. The third-order valence-electron chi connectivity index (χ3n) is 4.19. The molecule has 1 atom stereocenters. The number of oxime groups is 1. The summed E-state index contributed by atoms with van der Waals surface area (Å²) in [5, 5.41) is 19.5. The second-order valence-electron chi connectivity index (χ2n) is 5.94. The predicted molar refractivity (Wildman–Crippen MR) is 93.7 cm³/mol. The third kappa shape index (κ3) is 4.43. The number of carboxylic acids is 1. The average Bonchev–Trinajstić information content (AvgIpc) is 3.27. The Morgan fingerprint density at radius 2 is 2.44 bits per heavy atom. The monoisotopic (exact) mass is 363 g/mol. The molecule has 0 aliphatic carbocycles. The Balaban J connectivity index is 1.59. The van der Waals surface area contributed by atoms with Crippen LogP contribution in [0.4, 0.5) is 0 Å². The van der Waals surface area contributed by atoms with Gasteiger partial charge >= 0.3 is 5.97 Å². The highest BCUT2D eigenvalue weighted by atomic mass is 32.1. The fraction of sp³-hybridized carbons (Fsp3) is 0.500. The topological polar surface area (TPSA) is 92.8 Å². The first kappa shape index (κ1) is 17.6. The highest BCUT2D eigenvalue weighted by Gasteiger charge is 2.25. The quantitative estimate of drug-likeness (QED) is 0.455. The molecule has 9 heteroatoms. The van der Waals surface area contributed by atoms with Gasteiger partial charge in [-0.05, 0) is 30.8 Å². The summed E-state index contributed by atoms with van der Waals surface area (Å²) in [6.07, 6.45) is 3.14. The van der Waals surface area contributed by atoms with E-state index in [0.717, 1.165) is 24.3 Å². The summed E-state index contributed by atoms with van der Waals surface area (Å²) < 4.78 is 1.66. The number of hydrogen-bond donors (Lipinski definition) is 1. The summed E-state index contributed by atoms with van der Waals surface area (Å²) in [4.78, 5) is 24.0. The predicted octanol–water partition coefficient (Wildman–Crippen LogP) is 1.44. The van der Waals surface area contributed by atoms with Crippen molar-refractivity contribution in [3.63, 3.8) is 0 Å². The maximum atomic E-state index is 11.1. The smallest absolute Gasteiger partial charge is 0.307 e. The number of hydrogen-bond acceptors (Lipinski definition) is 7. The summed E-state index contributed by atoms with van der Waals surface area (Å²) in [6, 6.07) is 3.91. The van der Waals surface area contributed by atoms with Crippen molar-refractivity contribution in [2.45, 2.75) is 12.8 Å². The minimum Gasteiger partial charge on any atom is -0.481 e. The molecule has 2 aromatic heterocycles. The summed E-state index contributed by atoms with van der Waals surface area (Å²) in [5.74, 6) is -0.352. The zero-order valence-corrected chi connectivity index (χ0v) is 14.9. The molecule has 1 aliphatic rings. The van der Waals surface area contributed by atoms with Crippen molar-refractivity contribution in [2.75, 3.05) is 26.2 Å². The molecule has 134 valence electrons. The van der Waals surface area contributed by atoms with Crippen LogP contribution >= 0.6 is 11.3 Å². The molecule has 25 heavy (non-hydrogen) atoms. The van der Waals surface area contributed by atoms with Gasteiger partial charge in [0.25, 0.3) is 0 Å². The van der Waals surface area contributed by atoms with E-state index in [2.05, 4.69) is 20.1 Å². The highest BCUT2D eigenvalue weighted by molar-refractivity contribution is 7.12. The van der Waals surface area contributed by atoms with E-state index in [1.54, 1.807) is 16.0 Å². The standard InChI is InChI=1S/C16H21N5O3S/c1-20-15(17-11-18-20)14(13-5-3-9-25-13)19-24-8-7-21-6-2-4-12(10-21)16(22)23/h3,5,9,11-12H,2,4,6-8,10H2,1H3,(H,22,23). The second-order valence-corrected chi connectivity index (χ2v) is 6.88. The van der Waals surface area contributed by atoms with Gasteiger partial charge in [0.05, 0.1) is 10.8 Å². The zero-order valence-electron chi connectivity index (χ0n) is 14.0. The van der Waals surface area contributed by atoms with Gasteiger partial charge in [-0.15, -0.1) is 11.3 Å². The largest absolute Gasteiger partial charge is 0.481 e. The van der Waals surface area contributed by atoms with Gasteiger partial charge in [0, 0.05) is 20.1 Å². The Kier molecular flexibility index (Phi) is 5.77. The molecule has 1 fully saturated rings. The van der Waals surface area contributed by atoms with E-state index >= 15 is 0 Å². The number of aliphatic carboxylic acids is 1. The normalized spacial score (nSPS) is 19.1. The van der Waals surface area contributed by atoms with E-state index in [4.69, 9.17) is 9.94 Å². The lowest BCUT2D eigenvalue weighted by molar-refractivity contribution is -0.143. The number of nitrogens with zero attached hydrogens (tertiary/aromatic N) is 5. The highest BCUT2D eigenvalue weighted by Crippen LogP contribution is 2.17. The molecule has 1 aliphatic heterocycles. The molecule has 0 aromatic carbocycles. The van der Waals surface area contributed by atoms with E-state index < -0.39 is 5.97 Å². The van der Waals surface area contributed by atoms with Gasteiger partial charge in [-0.3, -0.25) is 9.69 Å². The number of piperidine rings is 1. The van der Waals surface area contributed by atoms with E-state index in [-0.39, 0.29) is 5.92 Å². The Bertz CT molecular complexity index is 728. The van der Waals surface area contributed by atoms with Gasteiger partial charge in [-0.25, -0.2) is 9.67 Å². The molecule has 0 bridgehead atoms. The molecule has 0 spiro atoms. The maximum absolute atomic E-state index is 11.1. The summed E-state index contributed by atoms with van der Waals surface area (Å²) in [6.45, 7) is 2.53. The molecule has 1 unspecified atom stereocenters. The maximum Gasteiger partial charge on any atom is 0.307 e. The van der Waals surface area contributed by atoms with Crippen LogP contribution in [0.3, 0.4) is 0 Å². The van der Waals surface area contributed by atoms with Crippen LogP contribution in [0.25, 0.3) is 0 Å². The first-order valence-electron chi connectivity index (χ1n) is 8.18. The van der Waals surface area contributed by atoms with E-state index in [9.17, 15) is 4.79 Å². The second kappa shape index (κ2) is 8.21. The van der Waals surface area contributed by atoms with E-state index in [1.807, 2.05) is 24.6 Å². The first-order valence-corrected chi connectivity index (χ1v) is 9.06. The average molecular weight is 363 g/mol. The number of aryl methyl sites for hydroxylation is 1. The molecule has 1 N–H and O–H groups in total. The molecular weight excluding hydrogens is 342 g/mol. The lowest BCUT2D eigenvalue weighted by Gasteiger charge is -2.29. The van der Waals surface area contributed by atoms with Crippen LogP contribution in [0, 0.1) is 5.92 Å². The lowest BCUT2D eigenvalue weighted by Crippen LogP contribution is -2.40. The van der Waals surface area contributed by atoms with E-state index in [0.29, 0.717) is 31.2 Å². The molecular formula is C16H21N5O3S. The molecule has 0 radical (unpaired) electrons. The number of thiophene rings is 1. The van der Waals surface area contributed by atoms with Gasteiger partial charge in [-0.2, -0.15) is 5.10 Å². The number of carbonyl (C=O) groups is 1. The van der Waals surface area contributed by atoms with Crippen LogP contribution in [0.5, 0.6) is 0 Å². The van der Waals surface area contributed by atoms with Crippen molar-refractivity contribution in [1.82, 2.24) is 19.7 Å². The summed E-state index contributed by atoms with van der Waals surface area (Å²) >= 11 is 1.56. The molecule has 0 saturated carbocycles. The van der Waals surface area contributed by atoms with Crippen LogP contribution < -0.4 is 0 Å². The van der Waals surface area contributed by atoms with Crippen LogP contribution in [-0.2, 0) is 16.7 Å². The van der Waals surface area contributed by atoms with Crippen molar-refractivity contribution in [1.29, 1.82) is 0 Å². The van der Waals surface area contributed by atoms with Gasteiger partial charge in [0.2, 0.25) is 0 Å². The summed E-state index contributed by atoms with van der Waals surface area (Å²) in [7, 11) is 1.81. The Morgan fingerprint density at radius 3 is 3.12 bits per heavy atom. The lowest BCUT2D eigenvalue weighted by atomic mass is 9.98. The van der Waals surface area contributed by atoms with Crippen molar-refractivity contribution < 1.29 is 14.7 Å². The molecule has 3 rings (SSSR count). The molecule has 8 nitrogen and oxygen atoms in total. The van der Waals surface area contributed by atoms with Gasteiger partial charge in [0.1, 0.15) is 12.9 Å². The van der Waals surface area contributed by atoms with Crippen molar-refractivity contribution in [2.24, 2.45) is 18.1 Å². The SMILES string of the molecule is Cn1ncnc1C(=NOCCN1CCCC(C(=O)O)C1)c1cccs1. The minimum absolute atomic E-state index is 0.280. The molecule has 2 aromatic rings. The van der Waals surface area contributed by atoms with Gasteiger partial charge < -0.3 is 9.94 Å². The minimum atomic E-state index is -0.717. The van der Waals surface area contributed by atoms with Gasteiger partial charge in [-0.1, -0.05) is 11.2 Å². The van der Waals surface area contributed by atoms with Crippen molar-refractivity contribution in [3.05, 3.63) is 34.5 Å². The van der Waals surface area contributed by atoms with Crippen LogP contribution in [-0.4, -0.2) is 62.7 Å². The van der Waals surface area contributed by atoms with Crippen molar-refractivity contribution in [3.8, 4) is 0 Å². The fourth-order valence-corrected chi connectivity index (χ4v) is 3.56. The fourth-order valence-electron chi connectivity index (χ4n) is 2.86. The Labute approximate surface area is 149 Å². The van der Waals surface area contributed by atoms with Gasteiger partial charge in [0.15, 0.2) is 11.5 Å². The Morgan fingerprint density at radius 1 is 1.56 bits per heavy atom. The van der Waals surface area contributed by atoms with Crippen LogP contribution in [0.1, 0.15) is 23.5 Å². The molecule has 1 saturated heterocycles. The first-order chi connectivity index (χ1) is 12.1. The zero-order chi connectivity index (χ0) is 17.6. The third-order valence-corrected chi connectivity index (χ3v) is 5.06. The number of rotatable bonds is 7. The molecule has 0 amide bonds. The number of carboxylic acid groups (broad SMARTS) is 1. The Hall–Kier alpha value is -2.26. The number of aromatic nitrogens is 3. The summed E-state index contributed by atoms with van der Waals surface area (Å²) in [5.41, 5.74) is 0.650.